The van der Waals surface area contributed by atoms with Gasteiger partial charge in [-0.2, -0.15) is 0 Å². The van der Waals surface area contributed by atoms with E-state index in [1.807, 2.05) is 0 Å². The third-order valence-corrected chi connectivity index (χ3v) is 4.87. The third kappa shape index (κ3) is 4.02. The zero-order chi connectivity index (χ0) is 19.6. The van der Waals surface area contributed by atoms with Gasteiger partial charge in [0.25, 0.3) is 11.8 Å². The maximum Gasteiger partial charge on any atom is 0.327 e. The standard InChI is InChI=1S/C17H19ClN4O5/c1-10(14(24)20-12-5-4-11(18)8-19-12)27-13(23)9-22-15(25)17(21-16(22)26)6-2-3-7-17/h4-5,8,10H,2-3,6-7,9H2,1H3,(H,21,26)(H,19,20,24)/t10-/m0/s1. The number of carbonyl (C=O) groups is 4. The summed E-state index contributed by atoms with van der Waals surface area (Å²) in [7, 11) is 0. The molecule has 1 spiro atoms. The number of imide groups is 1. The molecule has 1 aliphatic carbocycles. The molecule has 144 valence electrons. The van der Waals surface area contributed by atoms with Crippen LogP contribution in [0, 0.1) is 0 Å². The molecule has 1 saturated carbocycles. The Morgan fingerprint density at radius 2 is 2.07 bits per heavy atom. The molecule has 2 N–H and O–H groups in total. The summed E-state index contributed by atoms with van der Waals surface area (Å²) in [4.78, 5) is 53.5. The molecular formula is C17H19ClN4O5. The number of rotatable bonds is 5. The number of pyridine rings is 1. The fourth-order valence-electron chi connectivity index (χ4n) is 3.23. The number of carbonyl (C=O) groups excluding carboxylic acids is 4. The van der Waals surface area contributed by atoms with Crippen LogP contribution in [-0.4, -0.2) is 51.9 Å². The highest BCUT2D eigenvalue weighted by atomic mass is 35.5. The number of aromatic nitrogens is 1. The maximum atomic E-state index is 12.5. The zero-order valence-electron chi connectivity index (χ0n) is 14.7. The molecule has 2 fully saturated rings. The molecular weight excluding hydrogens is 376 g/mol. The van der Waals surface area contributed by atoms with Crippen molar-refractivity contribution in [2.75, 3.05) is 11.9 Å². The van der Waals surface area contributed by atoms with Gasteiger partial charge < -0.3 is 15.4 Å². The number of ether oxygens (including phenoxy) is 1. The molecule has 0 radical (unpaired) electrons. The van der Waals surface area contributed by atoms with Gasteiger partial charge in [-0.25, -0.2) is 9.78 Å². The van der Waals surface area contributed by atoms with Gasteiger partial charge >= 0.3 is 12.0 Å². The predicted octanol–water partition coefficient (Wildman–Crippen LogP) is 1.47. The molecule has 1 aliphatic heterocycles. The van der Waals surface area contributed by atoms with Crippen LogP contribution in [0.4, 0.5) is 10.6 Å². The molecule has 0 bridgehead atoms. The minimum atomic E-state index is -1.13. The van der Waals surface area contributed by atoms with Crippen molar-refractivity contribution >= 4 is 41.2 Å². The smallest absolute Gasteiger partial charge is 0.327 e. The first-order valence-electron chi connectivity index (χ1n) is 8.57. The number of halogens is 1. The number of urea groups is 1. The van der Waals surface area contributed by atoms with Gasteiger partial charge in [0.2, 0.25) is 0 Å². The average molecular weight is 395 g/mol. The Morgan fingerprint density at radius 3 is 2.70 bits per heavy atom. The number of hydrogen-bond acceptors (Lipinski definition) is 6. The molecule has 27 heavy (non-hydrogen) atoms. The van der Waals surface area contributed by atoms with Crippen molar-refractivity contribution < 1.29 is 23.9 Å². The number of hydrogen-bond donors (Lipinski definition) is 2. The molecule has 1 aromatic heterocycles. The van der Waals surface area contributed by atoms with E-state index in [-0.39, 0.29) is 5.82 Å². The second kappa shape index (κ2) is 7.51. The lowest BCUT2D eigenvalue weighted by atomic mass is 9.98. The monoisotopic (exact) mass is 394 g/mol. The van der Waals surface area contributed by atoms with Crippen LogP contribution < -0.4 is 10.6 Å². The Hall–Kier alpha value is -2.68. The van der Waals surface area contributed by atoms with Crippen molar-refractivity contribution in [3.63, 3.8) is 0 Å². The summed E-state index contributed by atoms with van der Waals surface area (Å²) in [5, 5.41) is 5.58. The predicted molar refractivity (Wildman–Crippen MR) is 94.9 cm³/mol. The largest absolute Gasteiger partial charge is 0.451 e. The van der Waals surface area contributed by atoms with Crippen LogP contribution in [0.5, 0.6) is 0 Å². The van der Waals surface area contributed by atoms with Crippen LogP contribution >= 0.6 is 11.6 Å². The Morgan fingerprint density at radius 1 is 1.37 bits per heavy atom. The van der Waals surface area contributed by atoms with Gasteiger partial charge in [-0.05, 0) is 31.9 Å². The summed E-state index contributed by atoms with van der Waals surface area (Å²) >= 11 is 5.72. The van der Waals surface area contributed by atoms with Crippen LogP contribution in [-0.2, 0) is 19.1 Å². The fourth-order valence-corrected chi connectivity index (χ4v) is 3.34. The lowest BCUT2D eigenvalue weighted by Crippen LogP contribution is -2.44. The van der Waals surface area contributed by atoms with E-state index in [0.29, 0.717) is 17.9 Å². The first kappa shape index (κ1) is 19.1. The number of esters is 1. The summed E-state index contributed by atoms with van der Waals surface area (Å²) in [6.45, 7) is 0.844. The first-order valence-corrected chi connectivity index (χ1v) is 8.94. The second-order valence-corrected chi connectivity index (χ2v) is 7.03. The molecule has 0 unspecified atom stereocenters. The Labute approximate surface area is 160 Å². The third-order valence-electron chi connectivity index (χ3n) is 4.65. The SMILES string of the molecule is C[C@H](OC(=O)CN1C(=O)NC2(CCCC2)C1=O)C(=O)Nc1ccc(Cl)cn1. The molecule has 2 heterocycles. The van der Waals surface area contributed by atoms with Gasteiger partial charge in [-0.15, -0.1) is 0 Å². The molecule has 1 aromatic rings. The first-order chi connectivity index (χ1) is 12.8. The van der Waals surface area contributed by atoms with E-state index in [1.54, 1.807) is 6.07 Å². The van der Waals surface area contributed by atoms with Crippen LogP contribution in [0.25, 0.3) is 0 Å². The van der Waals surface area contributed by atoms with E-state index >= 15 is 0 Å². The fraction of sp³-hybridized carbons (Fsp3) is 0.471. The highest BCUT2D eigenvalue weighted by Gasteiger charge is 2.52. The quantitative estimate of drug-likeness (QED) is 0.576. The van der Waals surface area contributed by atoms with E-state index in [9.17, 15) is 19.2 Å². The van der Waals surface area contributed by atoms with Gasteiger partial charge in [-0.3, -0.25) is 19.3 Å². The van der Waals surface area contributed by atoms with E-state index in [1.165, 1.54) is 19.2 Å². The Balaban J connectivity index is 1.54. The minimum absolute atomic E-state index is 0.254. The molecule has 3 rings (SSSR count). The van der Waals surface area contributed by atoms with Crippen molar-refractivity contribution in [2.45, 2.75) is 44.2 Å². The lowest BCUT2D eigenvalue weighted by Gasteiger charge is -2.20. The van der Waals surface area contributed by atoms with Crippen LogP contribution in [0.15, 0.2) is 18.3 Å². The number of anilines is 1. The molecule has 1 saturated heterocycles. The number of amides is 4. The summed E-state index contributed by atoms with van der Waals surface area (Å²) in [5.74, 6) is -1.60. The molecule has 9 nitrogen and oxygen atoms in total. The maximum absolute atomic E-state index is 12.5. The number of nitrogens with zero attached hydrogens (tertiary/aromatic N) is 2. The van der Waals surface area contributed by atoms with Gasteiger partial charge in [0.1, 0.15) is 17.9 Å². The van der Waals surface area contributed by atoms with Crippen molar-refractivity contribution in [1.82, 2.24) is 15.2 Å². The minimum Gasteiger partial charge on any atom is -0.451 e. The summed E-state index contributed by atoms with van der Waals surface area (Å²) in [5.41, 5.74) is -0.888. The highest BCUT2D eigenvalue weighted by Crippen LogP contribution is 2.34. The lowest BCUT2D eigenvalue weighted by molar-refractivity contribution is -0.155. The summed E-state index contributed by atoms with van der Waals surface area (Å²) < 4.78 is 5.04. The Bertz CT molecular complexity index is 776. The molecule has 1 atom stereocenters. The van der Waals surface area contributed by atoms with Crippen LogP contribution in [0.1, 0.15) is 32.6 Å². The van der Waals surface area contributed by atoms with E-state index in [2.05, 4.69) is 15.6 Å². The zero-order valence-corrected chi connectivity index (χ0v) is 15.4. The molecule has 10 heteroatoms. The van der Waals surface area contributed by atoms with E-state index < -0.39 is 42.0 Å². The van der Waals surface area contributed by atoms with Crippen molar-refractivity contribution in [1.29, 1.82) is 0 Å². The van der Waals surface area contributed by atoms with E-state index in [0.717, 1.165) is 17.7 Å². The van der Waals surface area contributed by atoms with Crippen molar-refractivity contribution in [3.8, 4) is 0 Å². The van der Waals surface area contributed by atoms with Gasteiger partial charge in [0, 0.05) is 6.20 Å². The normalized spacial score (nSPS) is 19.1. The van der Waals surface area contributed by atoms with Gasteiger partial charge in [-0.1, -0.05) is 24.4 Å². The highest BCUT2D eigenvalue weighted by molar-refractivity contribution is 6.30. The molecule has 4 amide bonds. The summed E-state index contributed by atoms with van der Waals surface area (Å²) in [6.07, 6.45) is 3.06. The van der Waals surface area contributed by atoms with Gasteiger partial charge in [0.05, 0.1) is 5.02 Å². The van der Waals surface area contributed by atoms with E-state index in [4.69, 9.17) is 16.3 Å². The van der Waals surface area contributed by atoms with Crippen LogP contribution in [0.3, 0.4) is 0 Å². The Kier molecular flexibility index (Phi) is 5.31. The second-order valence-electron chi connectivity index (χ2n) is 6.59. The molecule has 0 aromatic carbocycles. The van der Waals surface area contributed by atoms with Gasteiger partial charge in [0.15, 0.2) is 6.10 Å². The summed E-state index contributed by atoms with van der Waals surface area (Å²) in [6, 6.07) is 2.45. The number of nitrogens with one attached hydrogen (secondary N) is 2. The van der Waals surface area contributed by atoms with Crippen LogP contribution in [0.2, 0.25) is 5.02 Å². The average Bonchev–Trinajstić information content (AvgIpc) is 3.18. The van der Waals surface area contributed by atoms with Crippen molar-refractivity contribution in [2.24, 2.45) is 0 Å². The topological polar surface area (TPSA) is 118 Å². The molecule has 2 aliphatic rings. The van der Waals surface area contributed by atoms with Crippen molar-refractivity contribution in [3.05, 3.63) is 23.4 Å².